The Bertz CT molecular complexity index is 708. The molecule has 21 heavy (non-hydrogen) atoms. The third kappa shape index (κ3) is 3.28. The molecule has 0 aliphatic rings. The Kier molecular flexibility index (Phi) is 4.70. The fraction of sp³-hybridized carbons (Fsp3) is 0.400. The minimum atomic E-state index is -1.05. The van der Waals surface area contributed by atoms with Crippen LogP contribution in [0, 0.1) is 0 Å². The van der Waals surface area contributed by atoms with E-state index >= 15 is 0 Å². The van der Waals surface area contributed by atoms with E-state index in [0.29, 0.717) is 16.7 Å². The highest BCUT2D eigenvalue weighted by Gasteiger charge is 2.15. The smallest absolute Gasteiger partial charge is 0.329 e. The number of carboxylic acids is 1. The molecular weight excluding hydrogens is 272 g/mol. The molecule has 112 valence electrons. The van der Waals surface area contributed by atoms with Gasteiger partial charge in [0.25, 0.3) is 5.56 Å². The number of rotatable bonds is 6. The van der Waals surface area contributed by atoms with Crippen LogP contribution in [0.3, 0.4) is 0 Å². The Hall–Kier alpha value is -2.21. The molecule has 1 aromatic carbocycles. The van der Waals surface area contributed by atoms with Crippen LogP contribution < -0.4 is 5.56 Å². The molecule has 0 bridgehead atoms. The summed E-state index contributed by atoms with van der Waals surface area (Å²) in [6.45, 7) is 3.49. The van der Waals surface area contributed by atoms with Gasteiger partial charge in [0.05, 0.1) is 10.9 Å². The predicted octanol–water partition coefficient (Wildman–Crippen LogP) is 1.97. The van der Waals surface area contributed by atoms with Gasteiger partial charge in [-0.15, -0.1) is 0 Å². The van der Waals surface area contributed by atoms with E-state index in [1.54, 1.807) is 22.8 Å². The van der Waals surface area contributed by atoms with Gasteiger partial charge < -0.3 is 9.84 Å². The van der Waals surface area contributed by atoms with E-state index in [4.69, 9.17) is 9.84 Å². The molecule has 1 unspecified atom stereocenters. The van der Waals surface area contributed by atoms with Crippen molar-refractivity contribution in [2.45, 2.75) is 32.9 Å². The van der Waals surface area contributed by atoms with Crippen molar-refractivity contribution >= 4 is 16.9 Å². The Morgan fingerprint density at radius 3 is 2.81 bits per heavy atom. The van der Waals surface area contributed by atoms with Crippen molar-refractivity contribution in [2.24, 2.45) is 0 Å². The molecule has 0 spiro atoms. The molecule has 0 fully saturated rings. The molecule has 6 nitrogen and oxygen atoms in total. The molecule has 1 atom stereocenters. The number of para-hydroxylation sites is 1. The number of ether oxygens (including phenoxy) is 1. The van der Waals surface area contributed by atoms with Crippen molar-refractivity contribution in [1.29, 1.82) is 0 Å². The maximum atomic E-state index is 12.6. The van der Waals surface area contributed by atoms with Crippen LogP contribution in [-0.2, 0) is 16.1 Å². The molecule has 0 radical (unpaired) electrons. The molecule has 2 aromatic rings. The third-order valence-electron chi connectivity index (χ3n) is 3.37. The van der Waals surface area contributed by atoms with Crippen LogP contribution >= 0.6 is 0 Å². The van der Waals surface area contributed by atoms with Crippen LogP contribution in [0.4, 0.5) is 0 Å². The highest BCUT2D eigenvalue weighted by molar-refractivity contribution is 5.77. The van der Waals surface area contributed by atoms with Crippen LogP contribution in [0.15, 0.2) is 29.1 Å². The van der Waals surface area contributed by atoms with Gasteiger partial charge in [-0.1, -0.05) is 19.1 Å². The van der Waals surface area contributed by atoms with Crippen LogP contribution in [0.25, 0.3) is 10.9 Å². The van der Waals surface area contributed by atoms with Crippen molar-refractivity contribution in [3.63, 3.8) is 0 Å². The van der Waals surface area contributed by atoms with Crippen LogP contribution in [0.5, 0.6) is 0 Å². The van der Waals surface area contributed by atoms with E-state index in [1.807, 2.05) is 19.9 Å². The summed E-state index contributed by atoms with van der Waals surface area (Å²) in [4.78, 5) is 27.6. The molecule has 6 heteroatoms. The van der Waals surface area contributed by atoms with E-state index in [1.165, 1.54) is 0 Å². The van der Waals surface area contributed by atoms with Crippen LogP contribution in [0.2, 0.25) is 0 Å². The standard InChI is InChI=1S/C15H18N2O4/c1-3-10(2)17-13(8-21-9-14(18)19)16-12-7-5-4-6-11(12)15(17)20/h4-7,10H,3,8-9H2,1-2H3,(H,18,19). The molecule has 1 N–H and O–H groups in total. The molecule has 0 aliphatic carbocycles. The molecule has 1 aromatic heterocycles. The highest BCUT2D eigenvalue weighted by atomic mass is 16.5. The lowest BCUT2D eigenvalue weighted by molar-refractivity contribution is -0.142. The summed E-state index contributed by atoms with van der Waals surface area (Å²) in [5.74, 6) is -0.595. The summed E-state index contributed by atoms with van der Waals surface area (Å²) in [5, 5.41) is 9.18. The average molecular weight is 290 g/mol. The quantitative estimate of drug-likeness (QED) is 0.879. The van der Waals surface area contributed by atoms with Crippen LogP contribution in [0.1, 0.15) is 32.1 Å². The van der Waals surface area contributed by atoms with Gasteiger partial charge in [0, 0.05) is 6.04 Å². The van der Waals surface area contributed by atoms with Crippen molar-refractivity contribution in [3.05, 3.63) is 40.4 Å². The largest absolute Gasteiger partial charge is 0.480 e. The van der Waals surface area contributed by atoms with Crippen molar-refractivity contribution in [2.75, 3.05) is 6.61 Å². The molecular formula is C15H18N2O4. The zero-order chi connectivity index (χ0) is 15.4. The lowest BCUT2D eigenvalue weighted by Crippen LogP contribution is -2.28. The van der Waals surface area contributed by atoms with Gasteiger partial charge >= 0.3 is 5.97 Å². The fourth-order valence-electron chi connectivity index (χ4n) is 2.16. The fourth-order valence-corrected chi connectivity index (χ4v) is 2.16. The van der Waals surface area contributed by atoms with Gasteiger partial charge in [-0.25, -0.2) is 9.78 Å². The number of hydrogen-bond donors (Lipinski definition) is 1. The SMILES string of the molecule is CCC(C)n1c(COCC(=O)O)nc2ccccc2c1=O. The first-order valence-electron chi connectivity index (χ1n) is 6.84. The van der Waals surface area contributed by atoms with Gasteiger partial charge in [-0.2, -0.15) is 0 Å². The Labute approximate surface area is 122 Å². The Balaban J connectivity index is 2.50. The Morgan fingerprint density at radius 2 is 2.14 bits per heavy atom. The summed E-state index contributed by atoms with van der Waals surface area (Å²) in [6.07, 6.45) is 0.770. The summed E-state index contributed by atoms with van der Waals surface area (Å²) in [7, 11) is 0. The van der Waals surface area contributed by atoms with E-state index in [-0.39, 0.29) is 18.2 Å². The maximum Gasteiger partial charge on any atom is 0.329 e. The normalized spacial score (nSPS) is 12.5. The monoisotopic (exact) mass is 290 g/mol. The van der Waals surface area contributed by atoms with Gasteiger partial charge in [0.1, 0.15) is 19.0 Å². The predicted molar refractivity (Wildman–Crippen MR) is 78.3 cm³/mol. The number of aliphatic carboxylic acids is 1. The van der Waals surface area contributed by atoms with Crippen molar-refractivity contribution < 1.29 is 14.6 Å². The molecule has 1 heterocycles. The van der Waals surface area contributed by atoms with Gasteiger partial charge in [0.2, 0.25) is 0 Å². The van der Waals surface area contributed by atoms with Gasteiger partial charge in [0.15, 0.2) is 0 Å². The second kappa shape index (κ2) is 6.49. The number of nitrogens with zero attached hydrogens (tertiary/aromatic N) is 2. The second-order valence-electron chi connectivity index (χ2n) is 4.86. The minimum absolute atomic E-state index is 0.00326. The maximum absolute atomic E-state index is 12.6. The second-order valence-corrected chi connectivity index (χ2v) is 4.86. The zero-order valence-corrected chi connectivity index (χ0v) is 12.1. The van der Waals surface area contributed by atoms with Gasteiger partial charge in [-0.05, 0) is 25.5 Å². The van der Waals surface area contributed by atoms with Crippen molar-refractivity contribution in [1.82, 2.24) is 9.55 Å². The third-order valence-corrected chi connectivity index (χ3v) is 3.37. The zero-order valence-electron chi connectivity index (χ0n) is 12.1. The molecule has 0 aliphatic heterocycles. The molecule has 0 saturated carbocycles. The number of carboxylic acid groups (broad SMARTS) is 1. The number of hydrogen-bond acceptors (Lipinski definition) is 4. The number of carbonyl (C=O) groups is 1. The topological polar surface area (TPSA) is 81.4 Å². The summed E-state index contributed by atoms with van der Waals surface area (Å²) < 4.78 is 6.69. The first-order valence-corrected chi connectivity index (χ1v) is 6.84. The first kappa shape index (κ1) is 15.2. The number of fused-ring (bicyclic) bond motifs is 1. The Morgan fingerprint density at radius 1 is 1.43 bits per heavy atom. The average Bonchev–Trinajstić information content (AvgIpc) is 2.46. The van der Waals surface area contributed by atoms with E-state index < -0.39 is 12.6 Å². The van der Waals surface area contributed by atoms with Gasteiger partial charge in [-0.3, -0.25) is 9.36 Å². The molecule has 0 amide bonds. The summed E-state index contributed by atoms with van der Waals surface area (Å²) in [6, 6.07) is 7.08. The summed E-state index contributed by atoms with van der Waals surface area (Å²) in [5.41, 5.74) is 0.472. The van der Waals surface area contributed by atoms with E-state index in [9.17, 15) is 9.59 Å². The summed E-state index contributed by atoms with van der Waals surface area (Å²) >= 11 is 0. The van der Waals surface area contributed by atoms with E-state index in [2.05, 4.69) is 4.98 Å². The molecule has 0 saturated heterocycles. The minimum Gasteiger partial charge on any atom is -0.480 e. The number of aromatic nitrogens is 2. The van der Waals surface area contributed by atoms with Crippen molar-refractivity contribution in [3.8, 4) is 0 Å². The molecule has 2 rings (SSSR count). The van der Waals surface area contributed by atoms with Crippen LogP contribution in [-0.4, -0.2) is 27.2 Å². The highest BCUT2D eigenvalue weighted by Crippen LogP contribution is 2.15. The number of benzene rings is 1. The lowest BCUT2D eigenvalue weighted by atomic mass is 10.2. The van der Waals surface area contributed by atoms with E-state index in [0.717, 1.165) is 6.42 Å². The first-order chi connectivity index (χ1) is 10.0. The lowest BCUT2D eigenvalue weighted by Gasteiger charge is -2.18.